The topological polar surface area (TPSA) is 89.3 Å². The molecule has 2 heterocycles. The Morgan fingerprint density at radius 2 is 1.64 bits per heavy atom. The number of rotatable bonds is 6. The average molecular weight is 442 g/mol. The van der Waals surface area contributed by atoms with Crippen LogP contribution in [0.4, 0.5) is 5.69 Å². The lowest BCUT2D eigenvalue weighted by Gasteiger charge is -2.22. The van der Waals surface area contributed by atoms with Crippen LogP contribution in [0, 0.1) is 0 Å². The van der Waals surface area contributed by atoms with Crippen molar-refractivity contribution in [2.24, 2.45) is 7.05 Å². The molecule has 10 heteroatoms. The summed E-state index contributed by atoms with van der Waals surface area (Å²) in [6, 6.07) is 8.93. The molecule has 3 rings (SSSR count). The van der Waals surface area contributed by atoms with E-state index in [1.807, 2.05) is 29.8 Å². The van der Waals surface area contributed by atoms with Crippen LogP contribution in [0.5, 0.6) is 0 Å². The number of halogens is 1. The quantitative estimate of drug-likeness (QED) is 0.584. The Balaban J connectivity index is 2.21. The number of fused-ring (bicyclic) bond motifs is 1. The molecule has 1 aromatic carbocycles. The van der Waals surface area contributed by atoms with E-state index in [2.05, 4.69) is 4.98 Å². The van der Waals surface area contributed by atoms with Gasteiger partial charge in [-0.15, -0.1) is 0 Å². The van der Waals surface area contributed by atoms with E-state index in [0.29, 0.717) is 14.3 Å². The predicted octanol–water partition coefficient (Wildman–Crippen LogP) is 3.40. The Bertz CT molecular complexity index is 1220. The third-order valence-corrected chi connectivity index (χ3v) is 8.96. The van der Waals surface area contributed by atoms with Gasteiger partial charge in [0.25, 0.3) is 0 Å². The molecule has 0 aliphatic rings. The van der Waals surface area contributed by atoms with Crippen molar-refractivity contribution < 1.29 is 16.8 Å². The molecule has 0 fully saturated rings. The summed E-state index contributed by atoms with van der Waals surface area (Å²) < 4.78 is 52.4. The third-order valence-electron chi connectivity index (χ3n) is 4.47. The summed E-state index contributed by atoms with van der Waals surface area (Å²) in [6.07, 6.45) is 2.80. The lowest BCUT2D eigenvalue weighted by molar-refractivity contribution is 0.585. The molecular weight excluding hydrogens is 422 g/mol. The minimum Gasteiger partial charge on any atom is -0.344 e. The zero-order valence-electron chi connectivity index (χ0n) is 15.6. The number of benzene rings is 1. The molecular formula is C18H20ClN3O4S2. The van der Waals surface area contributed by atoms with Gasteiger partial charge in [-0.25, -0.2) is 16.8 Å². The summed E-state index contributed by atoms with van der Waals surface area (Å²) in [6.45, 7) is 2.80. The number of aryl methyl sites for hydroxylation is 1. The molecule has 0 saturated heterocycles. The number of anilines is 1. The fraction of sp³-hybridized carbons (Fsp3) is 0.278. The molecule has 0 saturated carbocycles. The summed E-state index contributed by atoms with van der Waals surface area (Å²) in [5.41, 5.74) is 2.24. The molecule has 0 amide bonds. The molecule has 2 aromatic heterocycles. The highest BCUT2D eigenvalue weighted by molar-refractivity contribution is 8.10. The van der Waals surface area contributed by atoms with Gasteiger partial charge >= 0.3 is 0 Å². The molecule has 28 heavy (non-hydrogen) atoms. The van der Waals surface area contributed by atoms with Gasteiger partial charge in [0.15, 0.2) is 0 Å². The van der Waals surface area contributed by atoms with Gasteiger partial charge in [0.2, 0.25) is 20.0 Å². The highest BCUT2D eigenvalue weighted by atomic mass is 35.5. The lowest BCUT2D eigenvalue weighted by Crippen LogP contribution is -2.39. The van der Waals surface area contributed by atoms with Crippen LogP contribution in [0.25, 0.3) is 22.2 Å². The van der Waals surface area contributed by atoms with E-state index in [1.165, 1.54) is 26.1 Å². The summed E-state index contributed by atoms with van der Waals surface area (Å²) >= 11 is 6.08. The van der Waals surface area contributed by atoms with Crippen LogP contribution in [0.2, 0.25) is 5.02 Å². The number of pyridine rings is 1. The van der Waals surface area contributed by atoms with Crippen molar-refractivity contribution in [1.29, 1.82) is 0 Å². The zero-order valence-corrected chi connectivity index (χ0v) is 18.0. The molecule has 0 aliphatic heterocycles. The highest BCUT2D eigenvalue weighted by Crippen LogP contribution is 2.32. The molecule has 7 nitrogen and oxygen atoms in total. The van der Waals surface area contributed by atoms with Gasteiger partial charge < -0.3 is 4.57 Å². The van der Waals surface area contributed by atoms with Crippen molar-refractivity contribution >= 4 is 48.2 Å². The van der Waals surface area contributed by atoms with Crippen LogP contribution in [0.15, 0.2) is 42.7 Å². The first-order valence-electron chi connectivity index (χ1n) is 8.57. The Morgan fingerprint density at radius 1 is 1.00 bits per heavy atom. The molecule has 0 N–H and O–H groups in total. The Labute approximate surface area is 169 Å². The minimum atomic E-state index is -4.04. The number of hydrogen-bond donors (Lipinski definition) is 0. The molecule has 0 radical (unpaired) electrons. The molecule has 0 aliphatic carbocycles. The highest BCUT2D eigenvalue weighted by Gasteiger charge is 2.32. The predicted molar refractivity (Wildman–Crippen MR) is 113 cm³/mol. The number of hydrogen-bond acceptors (Lipinski definition) is 5. The van der Waals surface area contributed by atoms with Gasteiger partial charge in [-0.05, 0) is 38.1 Å². The van der Waals surface area contributed by atoms with Gasteiger partial charge in [-0.1, -0.05) is 17.7 Å². The average Bonchev–Trinajstić information content (AvgIpc) is 2.98. The molecule has 0 bridgehead atoms. The minimum absolute atomic E-state index is 0.00973. The van der Waals surface area contributed by atoms with E-state index in [4.69, 9.17) is 11.6 Å². The Morgan fingerprint density at radius 3 is 2.25 bits per heavy atom. The van der Waals surface area contributed by atoms with Crippen molar-refractivity contribution in [3.05, 3.63) is 47.7 Å². The molecule has 0 unspecified atom stereocenters. The van der Waals surface area contributed by atoms with Crippen molar-refractivity contribution in [2.45, 2.75) is 13.8 Å². The molecule has 0 atom stereocenters. The Hall–Kier alpha value is -2.10. The van der Waals surface area contributed by atoms with E-state index in [0.717, 1.165) is 16.6 Å². The van der Waals surface area contributed by atoms with E-state index in [1.54, 1.807) is 12.3 Å². The number of nitrogens with zero attached hydrogens (tertiary/aromatic N) is 3. The third kappa shape index (κ3) is 3.61. The van der Waals surface area contributed by atoms with Crippen LogP contribution < -0.4 is 3.71 Å². The van der Waals surface area contributed by atoms with Crippen molar-refractivity contribution in [2.75, 3.05) is 15.2 Å². The van der Waals surface area contributed by atoms with E-state index in [9.17, 15) is 16.8 Å². The van der Waals surface area contributed by atoms with Crippen molar-refractivity contribution in [1.82, 2.24) is 9.55 Å². The molecule has 150 valence electrons. The lowest BCUT2D eigenvalue weighted by atomic mass is 10.2. The first-order valence-corrected chi connectivity index (χ1v) is 12.2. The van der Waals surface area contributed by atoms with E-state index in [-0.39, 0.29) is 17.2 Å². The summed E-state index contributed by atoms with van der Waals surface area (Å²) in [7, 11) is -6.23. The monoisotopic (exact) mass is 441 g/mol. The fourth-order valence-corrected chi connectivity index (χ4v) is 6.47. The maximum atomic E-state index is 12.5. The van der Waals surface area contributed by atoms with Crippen molar-refractivity contribution in [3.63, 3.8) is 0 Å². The first-order chi connectivity index (χ1) is 13.1. The SMILES string of the molecule is CCS(=O)(=O)N(c1cncc(-c2cc3ccc(Cl)cc3n2C)c1)S(=O)(=O)CC. The number of sulfonamides is 2. The summed E-state index contributed by atoms with van der Waals surface area (Å²) in [4.78, 5) is 4.10. The molecule has 3 aromatic rings. The van der Waals surface area contributed by atoms with Crippen LogP contribution in [0.3, 0.4) is 0 Å². The second-order valence-electron chi connectivity index (χ2n) is 6.22. The molecule has 0 spiro atoms. The van der Waals surface area contributed by atoms with Gasteiger partial charge in [0.05, 0.1) is 29.1 Å². The van der Waals surface area contributed by atoms with Gasteiger partial charge in [-0.3, -0.25) is 4.98 Å². The van der Waals surface area contributed by atoms with Crippen molar-refractivity contribution in [3.8, 4) is 11.3 Å². The first kappa shape index (κ1) is 20.6. The smallest absolute Gasteiger partial charge is 0.248 e. The van der Waals surface area contributed by atoms with Crippen LogP contribution in [-0.4, -0.2) is 37.9 Å². The fourth-order valence-electron chi connectivity index (χ4n) is 2.98. The van der Waals surface area contributed by atoms with Gasteiger partial charge in [0.1, 0.15) is 0 Å². The summed E-state index contributed by atoms with van der Waals surface area (Å²) in [5, 5.41) is 1.55. The van der Waals surface area contributed by atoms with Crippen LogP contribution >= 0.6 is 11.6 Å². The Kier molecular flexibility index (Phi) is 5.44. The standard InChI is InChI=1S/C18H20ClN3O4S2/c1-4-27(23,24)22(28(25,26)5-2)16-8-14(11-20-12-16)17-9-13-6-7-15(19)10-18(13)21(17)3/h6-12H,4-5H2,1-3H3. The largest absolute Gasteiger partial charge is 0.344 e. The zero-order chi connectivity index (χ0) is 20.7. The maximum absolute atomic E-state index is 12.5. The van der Waals surface area contributed by atoms with Crippen LogP contribution in [-0.2, 0) is 27.1 Å². The van der Waals surface area contributed by atoms with Gasteiger partial charge in [-0.2, -0.15) is 3.71 Å². The second kappa shape index (κ2) is 7.38. The maximum Gasteiger partial charge on any atom is 0.248 e. The second-order valence-corrected chi connectivity index (χ2v) is 11.1. The number of aromatic nitrogens is 2. The normalized spacial score (nSPS) is 12.4. The summed E-state index contributed by atoms with van der Waals surface area (Å²) in [5.74, 6) is -0.688. The van der Waals surface area contributed by atoms with Crippen LogP contribution in [0.1, 0.15) is 13.8 Å². The van der Waals surface area contributed by atoms with Gasteiger partial charge in [0, 0.05) is 34.7 Å². The van der Waals surface area contributed by atoms with E-state index >= 15 is 0 Å². The van der Waals surface area contributed by atoms with E-state index < -0.39 is 20.0 Å².